The van der Waals surface area contributed by atoms with Crippen LogP contribution in [0.2, 0.25) is 0 Å². The molecule has 3 nitrogen and oxygen atoms in total. The predicted molar refractivity (Wildman–Crippen MR) is 144 cm³/mol. The molecule has 0 saturated carbocycles. The van der Waals surface area contributed by atoms with Crippen molar-refractivity contribution >= 4 is 21.5 Å². The molecule has 1 atom stereocenters. The number of benzene rings is 6. The summed E-state index contributed by atoms with van der Waals surface area (Å²) >= 11 is 0. The van der Waals surface area contributed by atoms with Crippen LogP contribution in [0.4, 0.5) is 0 Å². The van der Waals surface area contributed by atoms with Crippen molar-refractivity contribution in [1.29, 1.82) is 0 Å². The lowest BCUT2D eigenvalue weighted by Crippen LogP contribution is -2.12. The Hall–Kier alpha value is -4.76. The van der Waals surface area contributed by atoms with E-state index >= 15 is 0 Å². The smallest absolute Gasteiger partial charge is 0.139 e. The fourth-order valence-electron chi connectivity index (χ4n) is 5.49. The van der Waals surface area contributed by atoms with Crippen molar-refractivity contribution in [2.24, 2.45) is 0 Å². The van der Waals surface area contributed by atoms with E-state index in [4.69, 9.17) is 4.74 Å². The summed E-state index contributed by atoms with van der Waals surface area (Å²) in [5.74, 6) is 1.98. The van der Waals surface area contributed by atoms with Crippen molar-refractivity contribution in [3.8, 4) is 34.1 Å². The molecule has 0 fully saturated rings. The minimum absolute atomic E-state index is 0.0859. The highest BCUT2D eigenvalue weighted by Crippen LogP contribution is 2.52. The molecule has 0 bridgehead atoms. The van der Waals surface area contributed by atoms with Gasteiger partial charge in [0.2, 0.25) is 0 Å². The fourth-order valence-corrected chi connectivity index (χ4v) is 5.49. The quantitative estimate of drug-likeness (QED) is 0.269. The lowest BCUT2D eigenvalue weighted by Gasteiger charge is -2.31. The van der Waals surface area contributed by atoms with Gasteiger partial charge in [-0.15, -0.1) is 0 Å². The highest BCUT2D eigenvalue weighted by atomic mass is 16.5. The first-order valence-corrected chi connectivity index (χ1v) is 12.0. The molecule has 0 amide bonds. The molecule has 0 spiro atoms. The summed E-state index contributed by atoms with van der Waals surface area (Å²) in [6.45, 7) is 0. The van der Waals surface area contributed by atoms with Gasteiger partial charge in [0, 0.05) is 27.8 Å². The third-order valence-electron chi connectivity index (χ3n) is 7.19. The Bertz CT molecular complexity index is 1770. The van der Waals surface area contributed by atoms with Gasteiger partial charge in [0.1, 0.15) is 23.0 Å². The Balaban J connectivity index is 1.49. The zero-order valence-corrected chi connectivity index (χ0v) is 19.3. The number of phenols is 2. The summed E-state index contributed by atoms with van der Waals surface area (Å²) < 4.78 is 6.56. The second kappa shape index (κ2) is 7.89. The molecule has 172 valence electrons. The van der Waals surface area contributed by atoms with E-state index in [1.54, 1.807) is 18.2 Å². The van der Waals surface area contributed by atoms with Gasteiger partial charge in [0.25, 0.3) is 0 Å². The van der Waals surface area contributed by atoms with Crippen LogP contribution in [0.1, 0.15) is 22.6 Å². The molecule has 1 aliphatic rings. The largest absolute Gasteiger partial charge is 0.508 e. The first-order valence-electron chi connectivity index (χ1n) is 12.0. The van der Waals surface area contributed by atoms with Gasteiger partial charge in [-0.2, -0.15) is 0 Å². The average molecular weight is 467 g/mol. The van der Waals surface area contributed by atoms with E-state index in [9.17, 15) is 10.2 Å². The Morgan fingerprint density at radius 1 is 0.583 bits per heavy atom. The van der Waals surface area contributed by atoms with Crippen molar-refractivity contribution in [2.75, 3.05) is 0 Å². The Morgan fingerprint density at radius 3 is 2.19 bits per heavy atom. The number of hydrogen-bond acceptors (Lipinski definition) is 3. The van der Waals surface area contributed by atoms with Gasteiger partial charge >= 0.3 is 0 Å². The normalized spacial score (nSPS) is 14.3. The van der Waals surface area contributed by atoms with Crippen LogP contribution in [0.15, 0.2) is 115 Å². The Labute approximate surface area is 208 Å². The van der Waals surface area contributed by atoms with Gasteiger partial charge in [0.05, 0.1) is 0 Å². The molecule has 6 aromatic rings. The zero-order valence-electron chi connectivity index (χ0n) is 19.3. The highest BCUT2D eigenvalue weighted by Gasteiger charge is 2.32. The van der Waals surface area contributed by atoms with Gasteiger partial charge in [-0.3, -0.25) is 0 Å². The van der Waals surface area contributed by atoms with E-state index in [1.807, 2.05) is 42.5 Å². The Kier molecular flexibility index (Phi) is 4.52. The van der Waals surface area contributed by atoms with Crippen LogP contribution in [0.3, 0.4) is 0 Å². The SMILES string of the molecule is Oc1ccc2c3c(ccc2c1)C(c1ccc(-c2ccccc2)cc1)c1c(ccc2c(O)cccc12)O3. The monoisotopic (exact) mass is 466 g/mol. The molecule has 2 N–H and O–H groups in total. The van der Waals surface area contributed by atoms with Crippen molar-refractivity contribution in [3.05, 3.63) is 132 Å². The van der Waals surface area contributed by atoms with E-state index < -0.39 is 0 Å². The predicted octanol–water partition coefficient (Wildman–Crippen LogP) is 8.36. The molecule has 7 rings (SSSR count). The minimum atomic E-state index is -0.0859. The Morgan fingerprint density at radius 2 is 1.36 bits per heavy atom. The number of aromatic hydroxyl groups is 2. The summed E-state index contributed by atoms with van der Waals surface area (Å²) in [7, 11) is 0. The first kappa shape index (κ1) is 20.6. The van der Waals surface area contributed by atoms with Crippen molar-refractivity contribution in [1.82, 2.24) is 0 Å². The van der Waals surface area contributed by atoms with Crippen molar-refractivity contribution in [3.63, 3.8) is 0 Å². The second-order valence-electron chi connectivity index (χ2n) is 9.26. The molecule has 0 radical (unpaired) electrons. The van der Waals surface area contributed by atoms with E-state index in [1.165, 1.54) is 5.56 Å². The van der Waals surface area contributed by atoms with Crippen LogP contribution in [0.5, 0.6) is 23.0 Å². The van der Waals surface area contributed by atoms with Gasteiger partial charge in [0.15, 0.2) is 0 Å². The molecule has 0 aromatic heterocycles. The maximum Gasteiger partial charge on any atom is 0.139 e. The van der Waals surface area contributed by atoms with E-state index in [2.05, 4.69) is 54.6 Å². The van der Waals surface area contributed by atoms with E-state index in [-0.39, 0.29) is 17.4 Å². The maximum absolute atomic E-state index is 10.6. The fraction of sp³-hybridized carbons (Fsp3) is 0.0303. The molecule has 0 aliphatic carbocycles. The van der Waals surface area contributed by atoms with Crippen LogP contribution < -0.4 is 4.74 Å². The lowest BCUT2D eigenvalue weighted by atomic mass is 9.79. The summed E-state index contributed by atoms with van der Waals surface area (Å²) in [4.78, 5) is 0. The number of phenolic OH excluding ortho intramolecular Hbond substituents is 2. The molecule has 1 unspecified atom stereocenters. The number of rotatable bonds is 2. The lowest BCUT2D eigenvalue weighted by molar-refractivity contribution is 0.459. The number of hydrogen-bond donors (Lipinski definition) is 2. The molecule has 3 heteroatoms. The first-order chi connectivity index (χ1) is 17.7. The van der Waals surface area contributed by atoms with Crippen LogP contribution in [-0.2, 0) is 0 Å². The third kappa shape index (κ3) is 3.14. The molecule has 1 heterocycles. The van der Waals surface area contributed by atoms with Crippen LogP contribution in [0, 0.1) is 0 Å². The standard InChI is InChI=1S/C33H22O3/c34-24-14-16-25-23(19-24)13-15-28-31(22-11-9-21(10-12-22)20-5-2-1-3-6-20)32-27-7-4-8-29(35)26(27)17-18-30(32)36-33(25)28/h1-19,31,34-35H. The van der Waals surface area contributed by atoms with Crippen LogP contribution in [0.25, 0.3) is 32.7 Å². The van der Waals surface area contributed by atoms with E-state index in [0.717, 1.165) is 55.3 Å². The molecular formula is C33H22O3. The summed E-state index contributed by atoms with van der Waals surface area (Å²) in [5.41, 5.74) is 5.59. The molecule has 36 heavy (non-hydrogen) atoms. The van der Waals surface area contributed by atoms with Gasteiger partial charge in [-0.25, -0.2) is 0 Å². The zero-order chi connectivity index (χ0) is 24.2. The average Bonchev–Trinajstić information content (AvgIpc) is 2.92. The summed E-state index contributed by atoms with van der Waals surface area (Å²) in [5, 5.41) is 24.3. The van der Waals surface area contributed by atoms with Gasteiger partial charge < -0.3 is 14.9 Å². The van der Waals surface area contributed by atoms with E-state index in [0.29, 0.717) is 0 Å². The topological polar surface area (TPSA) is 49.7 Å². The highest BCUT2D eigenvalue weighted by molar-refractivity contribution is 5.97. The van der Waals surface area contributed by atoms with Gasteiger partial charge in [-0.05, 0) is 63.9 Å². The van der Waals surface area contributed by atoms with Crippen molar-refractivity contribution in [2.45, 2.75) is 5.92 Å². The summed E-state index contributed by atoms with van der Waals surface area (Å²) in [6, 6.07) is 38.1. The number of fused-ring (bicyclic) bond motifs is 6. The number of ether oxygens (including phenoxy) is 1. The molecular weight excluding hydrogens is 444 g/mol. The molecule has 6 aromatic carbocycles. The minimum Gasteiger partial charge on any atom is -0.508 e. The second-order valence-corrected chi connectivity index (χ2v) is 9.26. The summed E-state index contributed by atoms with van der Waals surface area (Å²) in [6.07, 6.45) is 0. The van der Waals surface area contributed by atoms with Crippen LogP contribution in [-0.4, -0.2) is 10.2 Å². The molecule has 1 aliphatic heterocycles. The maximum atomic E-state index is 10.6. The van der Waals surface area contributed by atoms with Crippen molar-refractivity contribution < 1.29 is 14.9 Å². The van der Waals surface area contributed by atoms with Crippen LogP contribution >= 0.6 is 0 Å². The van der Waals surface area contributed by atoms with Gasteiger partial charge in [-0.1, -0.05) is 78.9 Å². The third-order valence-corrected chi connectivity index (χ3v) is 7.19. The molecule has 0 saturated heterocycles.